The molecule has 0 bridgehead atoms. The van der Waals surface area contributed by atoms with Gasteiger partial charge in [-0.25, -0.2) is 10.2 Å². The lowest BCUT2D eigenvalue weighted by atomic mass is 10.1. The van der Waals surface area contributed by atoms with Gasteiger partial charge in [0.25, 0.3) is 5.91 Å². The van der Waals surface area contributed by atoms with Crippen molar-refractivity contribution in [2.24, 2.45) is 5.10 Å². The average Bonchev–Trinajstić information content (AvgIpc) is 3.19. The van der Waals surface area contributed by atoms with E-state index in [1.807, 2.05) is 25.1 Å². The molecular formula is C27H27N3O4. The van der Waals surface area contributed by atoms with E-state index in [4.69, 9.17) is 9.47 Å². The predicted molar refractivity (Wildman–Crippen MR) is 133 cm³/mol. The van der Waals surface area contributed by atoms with Gasteiger partial charge in [0.05, 0.1) is 18.4 Å². The SMILES string of the molecule is CCCOC(=O)c1ccc(OCC(=O)N/N=C/c2ccc3c(c2)c2ccccc2n3CC)cc1. The molecule has 0 saturated heterocycles. The maximum Gasteiger partial charge on any atom is 0.338 e. The minimum atomic E-state index is -0.383. The Kier molecular flexibility index (Phi) is 7.22. The van der Waals surface area contributed by atoms with E-state index < -0.39 is 0 Å². The van der Waals surface area contributed by atoms with Crippen LogP contribution in [-0.4, -0.2) is 35.9 Å². The topological polar surface area (TPSA) is 81.9 Å². The summed E-state index contributed by atoms with van der Waals surface area (Å²) in [4.78, 5) is 23.9. The van der Waals surface area contributed by atoms with Gasteiger partial charge in [-0.05, 0) is 61.4 Å². The minimum Gasteiger partial charge on any atom is -0.484 e. The van der Waals surface area contributed by atoms with E-state index in [2.05, 4.69) is 46.3 Å². The number of amides is 1. The van der Waals surface area contributed by atoms with Crippen LogP contribution >= 0.6 is 0 Å². The van der Waals surface area contributed by atoms with Gasteiger partial charge in [-0.3, -0.25) is 4.79 Å². The van der Waals surface area contributed by atoms with Gasteiger partial charge in [-0.1, -0.05) is 31.2 Å². The lowest BCUT2D eigenvalue weighted by Crippen LogP contribution is -2.24. The number of hydrogen-bond donors (Lipinski definition) is 1. The molecule has 3 aromatic carbocycles. The highest BCUT2D eigenvalue weighted by molar-refractivity contribution is 6.09. The number of carbonyl (C=O) groups excluding carboxylic acids is 2. The van der Waals surface area contributed by atoms with Crippen molar-refractivity contribution in [3.63, 3.8) is 0 Å². The lowest BCUT2D eigenvalue weighted by molar-refractivity contribution is -0.123. The first-order valence-electron chi connectivity index (χ1n) is 11.3. The number of benzene rings is 3. The maximum atomic E-state index is 12.1. The highest BCUT2D eigenvalue weighted by atomic mass is 16.5. The molecule has 4 rings (SSSR count). The Bertz CT molecular complexity index is 1340. The standard InChI is InChI=1S/C27H27N3O4/c1-3-15-33-27(32)20-10-12-21(13-11-20)34-18-26(31)29-28-17-19-9-14-25-23(16-19)22-7-5-6-8-24(22)30(25)4-2/h5-14,16-17H,3-4,15,18H2,1-2H3,(H,29,31)/b28-17+. The molecule has 174 valence electrons. The molecule has 0 fully saturated rings. The number of hydrazone groups is 1. The smallest absolute Gasteiger partial charge is 0.338 e. The Balaban J connectivity index is 1.34. The molecule has 4 aromatic rings. The van der Waals surface area contributed by atoms with Crippen LogP contribution in [0.3, 0.4) is 0 Å². The van der Waals surface area contributed by atoms with Gasteiger partial charge in [0.1, 0.15) is 5.75 Å². The highest BCUT2D eigenvalue weighted by Crippen LogP contribution is 2.29. The van der Waals surface area contributed by atoms with Gasteiger partial charge in [0, 0.05) is 28.4 Å². The molecule has 7 heteroatoms. The molecule has 0 atom stereocenters. The normalized spacial score (nSPS) is 11.2. The van der Waals surface area contributed by atoms with Crippen LogP contribution < -0.4 is 10.2 Å². The van der Waals surface area contributed by atoms with Crippen molar-refractivity contribution < 1.29 is 19.1 Å². The number of hydrogen-bond acceptors (Lipinski definition) is 5. The van der Waals surface area contributed by atoms with Gasteiger partial charge in [0.15, 0.2) is 6.61 Å². The first-order chi connectivity index (χ1) is 16.6. The Morgan fingerprint density at radius 3 is 2.50 bits per heavy atom. The van der Waals surface area contributed by atoms with Crippen LogP contribution in [0.5, 0.6) is 5.75 Å². The molecule has 1 aromatic heterocycles. The first kappa shape index (κ1) is 23.0. The predicted octanol–water partition coefficient (Wildman–Crippen LogP) is 4.91. The molecule has 7 nitrogen and oxygen atoms in total. The summed E-state index contributed by atoms with van der Waals surface area (Å²) in [6.07, 6.45) is 2.38. The van der Waals surface area contributed by atoms with Gasteiger partial charge in [-0.15, -0.1) is 0 Å². The largest absolute Gasteiger partial charge is 0.484 e. The third kappa shape index (κ3) is 5.09. The maximum absolute atomic E-state index is 12.1. The van der Waals surface area contributed by atoms with Crippen molar-refractivity contribution in [1.29, 1.82) is 0 Å². The Morgan fingerprint density at radius 1 is 0.971 bits per heavy atom. The summed E-state index contributed by atoms with van der Waals surface area (Å²) in [7, 11) is 0. The summed E-state index contributed by atoms with van der Waals surface area (Å²) in [5.74, 6) is -0.284. The van der Waals surface area contributed by atoms with Crippen molar-refractivity contribution in [2.45, 2.75) is 26.8 Å². The fraction of sp³-hybridized carbons (Fsp3) is 0.222. The number of esters is 1. The molecule has 34 heavy (non-hydrogen) atoms. The molecule has 0 spiro atoms. The van der Waals surface area contributed by atoms with E-state index in [1.54, 1.807) is 30.5 Å². The van der Waals surface area contributed by atoms with Gasteiger partial charge in [-0.2, -0.15) is 5.10 Å². The van der Waals surface area contributed by atoms with E-state index in [0.717, 1.165) is 23.9 Å². The molecule has 1 heterocycles. The van der Waals surface area contributed by atoms with Crippen LogP contribution in [0.1, 0.15) is 36.2 Å². The third-order valence-corrected chi connectivity index (χ3v) is 5.41. The number of fused-ring (bicyclic) bond motifs is 3. The van der Waals surface area contributed by atoms with Gasteiger partial charge < -0.3 is 14.0 Å². The summed E-state index contributed by atoms with van der Waals surface area (Å²) < 4.78 is 12.8. The second-order valence-corrected chi connectivity index (χ2v) is 7.78. The zero-order valence-electron chi connectivity index (χ0n) is 19.3. The van der Waals surface area contributed by atoms with Crippen LogP contribution in [-0.2, 0) is 16.1 Å². The quantitative estimate of drug-likeness (QED) is 0.220. The number of nitrogens with one attached hydrogen (secondary N) is 1. The summed E-state index contributed by atoms with van der Waals surface area (Å²) in [6.45, 7) is 5.14. The average molecular weight is 458 g/mol. The second kappa shape index (κ2) is 10.7. The molecule has 0 aliphatic rings. The number of aryl methyl sites for hydroxylation is 1. The summed E-state index contributed by atoms with van der Waals surface area (Å²) >= 11 is 0. The van der Waals surface area contributed by atoms with Crippen LogP contribution in [0.25, 0.3) is 21.8 Å². The van der Waals surface area contributed by atoms with E-state index >= 15 is 0 Å². The minimum absolute atomic E-state index is 0.194. The third-order valence-electron chi connectivity index (χ3n) is 5.41. The number of aromatic nitrogens is 1. The molecule has 0 radical (unpaired) electrons. The van der Waals surface area contributed by atoms with Crippen molar-refractivity contribution in [3.8, 4) is 5.75 Å². The first-order valence-corrected chi connectivity index (χ1v) is 11.3. The number of carbonyl (C=O) groups is 2. The number of nitrogens with zero attached hydrogens (tertiary/aromatic N) is 2. The monoisotopic (exact) mass is 457 g/mol. The summed E-state index contributed by atoms with van der Waals surface area (Å²) in [5.41, 5.74) is 6.18. The Hall–Kier alpha value is -4.13. The van der Waals surface area contributed by atoms with Crippen molar-refractivity contribution in [1.82, 2.24) is 9.99 Å². The number of rotatable bonds is 9. The molecular weight excluding hydrogens is 430 g/mol. The van der Waals surface area contributed by atoms with Crippen LogP contribution in [0.2, 0.25) is 0 Å². The van der Waals surface area contributed by atoms with Crippen molar-refractivity contribution >= 4 is 39.9 Å². The highest BCUT2D eigenvalue weighted by Gasteiger charge is 2.10. The number of ether oxygens (including phenoxy) is 2. The zero-order valence-corrected chi connectivity index (χ0v) is 19.3. The lowest BCUT2D eigenvalue weighted by Gasteiger charge is -2.06. The molecule has 0 unspecified atom stereocenters. The van der Waals surface area contributed by atoms with Crippen molar-refractivity contribution in [3.05, 3.63) is 77.9 Å². The summed E-state index contributed by atoms with van der Waals surface area (Å²) in [5, 5.41) is 6.40. The van der Waals surface area contributed by atoms with E-state index in [9.17, 15) is 9.59 Å². The van der Waals surface area contributed by atoms with Crippen LogP contribution in [0, 0.1) is 0 Å². The van der Waals surface area contributed by atoms with E-state index in [0.29, 0.717) is 17.9 Å². The zero-order chi connectivity index (χ0) is 23.9. The fourth-order valence-electron chi connectivity index (χ4n) is 3.82. The van der Waals surface area contributed by atoms with Crippen LogP contribution in [0.4, 0.5) is 0 Å². The Labute approximate surface area is 198 Å². The Morgan fingerprint density at radius 2 is 1.74 bits per heavy atom. The molecule has 0 aliphatic carbocycles. The molecule has 0 aliphatic heterocycles. The molecule has 1 amide bonds. The van der Waals surface area contributed by atoms with E-state index in [-0.39, 0.29) is 18.5 Å². The van der Waals surface area contributed by atoms with Gasteiger partial charge >= 0.3 is 5.97 Å². The second-order valence-electron chi connectivity index (χ2n) is 7.78. The molecule has 1 N–H and O–H groups in total. The molecule has 0 saturated carbocycles. The fourth-order valence-corrected chi connectivity index (χ4v) is 3.82. The van der Waals surface area contributed by atoms with Gasteiger partial charge in [0.2, 0.25) is 0 Å². The van der Waals surface area contributed by atoms with Crippen LogP contribution in [0.15, 0.2) is 71.8 Å². The number of para-hydroxylation sites is 1. The summed E-state index contributed by atoms with van der Waals surface area (Å²) in [6, 6.07) is 20.9. The van der Waals surface area contributed by atoms with Crippen molar-refractivity contribution in [2.75, 3.05) is 13.2 Å². The van der Waals surface area contributed by atoms with E-state index in [1.165, 1.54) is 16.4 Å².